The molecule has 0 aromatic rings. The highest BCUT2D eigenvalue weighted by molar-refractivity contribution is 14.1. The predicted octanol–water partition coefficient (Wildman–Crippen LogP) is 2.20. The van der Waals surface area contributed by atoms with Crippen LogP contribution in [-0.4, -0.2) is 4.05 Å². The largest absolute Gasteiger partial charge is 0.374 e. The van der Waals surface area contributed by atoms with Crippen LogP contribution in [0.3, 0.4) is 0 Å². The van der Waals surface area contributed by atoms with Gasteiger partial charge in [-0.25, -0.2) is 0 Å². The molecule has 1 aliphatic rings. The predicted molar refractivity (Wildman–Crippen MR) is 48.5 cm³/mol. The molecule has 2 heteroatoms. The van der Waals surface area contributed by atoms with Crippen molar-refractivity contribution < 1.29 is 0 Å². The van der Waals surface area contributed by atoms with Gasteiger partial charge in [-0.3, -0.25) is 0 Å². The molecule has 0 saturated heterocycles. The fourth-order valence-electron chi connectivity index (χ4n) is 0.921. The van der Waals surface area contributed by atoms with Crippen LogP contribution < -0.4 is 5.32 Å². The van der Waals surface area contributed by atoms with E-state index in [1.54, 1.807) is 0 Å². The van der Waals surface area contributed by atoms with Gasteiger partial charge >= 0.3 is 0 Å². The summed E-state index contributed by atoms with van der Waals surface area (Å²) in [4.78, 5) is 0. The summed E-state index contributed by atoms with van der Waals surface area (Å²) < 4.78 is 0.479. The van der Waals surface area contributed by atoms with Crippen molar-refractivity contribution in [3.63, 3.8) is 0 Å². The second-order valence-corrected chi connectivity index (χ2v) is 3.63. The maximum absolute atomic E-state index is 3.28. The van der Waals surface area contributed by atoms with E-state index >= 15 is 0 Å². The number of nitrogens with one attached hydrogen (secondary N) is 1. The number of allylic oxidation sites excluding steroid dienone is 3. The number of halogens is 1. The number of hydrogen-bond donors (Lipinski definition) is 1. The summed E-state index contributed by atoms with van der Waals surface area (Å²) >= 11 is 2.36. The quantitative estimate of drug-likeness (QED) is 0.385. The van der Waals surface area contributed by atoms with E-state index in [2.05, 4.69) is 53.9 Å². The minimum Gasteiger partial charge on any atom is -0.374 e. The number of rotatable bonds is 0. The SMILES string of the molecule is CC1=CC(I)NC(C)=C1. The first-order valence-electron chi connectivity index (χ1n) is 2.96. The van der Waals surface area contributed by atoms with Crippen LogP contribution in [0, 0.1) is 0 Å². The van der Waals surface area contributed by atoms with Gasteiger partial charge in [0.25, 0.3) is 0 Å². The zero-order valence-electron chi connectivity index (χ0n) is 5.61. The van der Waals surface area contributed by atoms with Gasteiger partial charge in [-0.1, -0.05) is 28.2 Å². The fraction of sp³-hybridized carbons (Fsp3) is 0.429. The summed E-state index contributed by atoms with van der Waals surface area (Å²) in [6, 6.07) is 0. The normalized spacial score (nSPS) is 26.3. The monoisotopic (exact) mass is 235 g/mol. The van der Waals surface area contributed by atoms with E-state index in [-0.39, 0.29) is 0 Å². The highest BCUT2D eigenvalue weighted by atomic mass is 127. The van der Waals surface area contributed by atoms with E-state index in [4.69, 9.17) is 0 Å². The van der Waals surface area contributed by atoms with Crippen molar-refractivity contribution in [3.8, 4) is 0 Å². The zero-order valence-corrected chi connectivity index (χ0v) is 7.77. The lowest BCUT2D eigenvalue weighted by Crippen LogP contribution is -2.21. The van der Waals surface area contributed by atoms with E-state index in [1.165, 1.54) is 11.3 Å². The molecule has 50 valence electrons. The van der Waals surface area contributed by atoms with Crippen LogP contribution in [0.5, 0.6) is 0 Å². The van der Waals surface area contributed by atoms with Crippen LogP contribution in [0.25, 0.3) is 0 Å². The molecule has 1 unspecified atom stereocenters. The Morgan fingerprint density at radius 3 is 2.67 bits per heavy atom. The Hall–Kier alpha value is 0.01000. The van der Waals surface area contributed by atoms with Crippen molar-refractivity contribution >= 4 is 22.6 Å². The summed E-state index contributed by atoms with van der Waals surface area (Å²) in [6.07, 6.45) is 4.35. The number of dihydropyridines is 1. The summed E-state index contributed by atoms with van der Waals surface area (Å²) in [6.45, 7) is 4.21. The van der Waals surface area contributed by atoms with Crippen LogP contribution in [0.2, 0.25) is 0 Å². The Balaban J connectivity index is 2.74. The van der Waals surface area contributed by atoms with E-state index in [9.17, 15) is 0 Å². The van der Waals surface area contributed by atoms with Gasteiger partial charge in [-0.05, 0) is 26.0 Å². The molecule has 9 heavy (non-hydrogen) atoms. The topological polar surface area (TPSA) is 12.0 Å². The van der Waals surface area contributed by atoms with Crippen LogP contribution in [0.4, 0.5) is 0 Å². The van der Waals surface area contributed by atoms with Crippen molar-refractivity contribution in [2.45, 2.75) is 17.9 Å². The third-order valence-electron chi connectivity index (χ3n) is 1.22. The Morgan fingerprint density at radius 2 is 2.22 bits per heavy atom. The van der Waals surface area contributed by atoms with Gasteiger partial charge in [-0.2, -0.15) is 0 Å². The lowest BCUT2D eigenvalue weighted by molar-refractivity contribution is 0.857. The third kappa shape index (κ3) is 2.01. The minimum atomic E-state index is 0.479. The lowest BCUT2D eigenvalue weighted by Gasteiger charge is -2.15. The molecule has 0 fully saturated rings. The number of alkyl halides is 1. The van der Waals surface area contributed by atoms with E-state index in [0.29, 0.717) is 4.05 Å². The van der Waals surface area contributed by atoms with Crippen LogP contribution >= 0.6 is 22.6 Å². The van der Waals surface area contributed by atoms with E-state index in [0.717, 1.165) is 0 Å². The molecular weight excluding hydrogens is 225 g/mol. The Morgan fingerprint density at radius 1 is 1.56 bits per heavy atom. The molecule has 1 heterocycles. The summed E-state index contributed by atoms with van der Waals surface area (Å²) in [7, 11) is 0. The fourth-order valence-corrected chi connectivity index (χ4v) is 1.98. The van der Waals surface area contributed by atoms with Crippen molar-refractivity contribution in [2.24, 2.45) is 0 Å². The standard InChI is InChI=1S/C7H10IN/c1-5-3-6(2)9-7(8)4-5/h3-4,7,9H,1-2H3. The first-order valence-corrected chi connectivity index (χ1v) is 4.20. The van der Waals surface area contributed by atoms with Gasteiger partial charge in [0, 0.05) is 5.70 Å². The molecule has 0 bridgehead atoms. The van der Waals surface area contributed by atoms with Crippen molar-refractivity contribution in [3.05, 3.63) is 23.4 Å². The van der Waals surface area contributed by atoms with Crippen LogP contribution in [0.15, 0.2) is 23.4 Å². The van der Waals surface area contributed by atoms with E-state index < -0.39 is 0 Å². The smallest absolute Gasteiger partial charge is 0.0970 e. The summed E-state index contributed by atoms with van der Waals surface area (Å²) in [5.41, 5.74) is 2.61. The maximum Gasteiger partial charge on any atom is 0.0970 e. The molecule has 1 N–H and O–H groups in total. The van der Waals surface area contributed by atoms with Gasteiger partial charge in [0.15, 0.2) is 0 Å². The molecule has 0 saturated carbocycles. The van der Waals surface area contributed by atoms with E-state index in [1.807, 2.05) is 0 Å². The first kappa shape index (κ1) is 7.12. The van der Waals surface area contributed by atoms with Gasteiger partial charge < -0.3 is 5.32 Å². The minimum absolute atomic E-state index is 0.479. The molecule has 1 atom stereocenters. The summed E-state index contributed by atoms with van der Waals surface area (Å²) in [5.74, 6) is 0. The molecule has 0 aliphatic carbocycles. The van der Waals surface area contributed by atoms with Gasteiger partial charge in [0.2, 0.25) is 0 Å². The van der Waals surface area contributed by atoms with Gasteiger partial charge in [0.1, 0.15) is 0 Å². The molecule has 1 aliphatic heterocycles. The highest BCUT2D eigenvalue weighted by Crippen LogP contribution is 2.12. The van der Waals surface area contributed by atoms with Crippen LogP contribution in [0.1, 0.15) is 13.8 Å². The molecule has 1 rings (SSSR count). The first-order chi connectivity index (χ1) is 4.18. The zero-order chi connectivity index (χ0) is 6.85. The maximum atomic E-state index is 3.28. The lowest BCUT2D eigenvalue weighted by atomic mass is 10.2. The van der Waals surface area contributed by atoms with Crippen LogP contribution in [-0.2, 0) is 0 Å². The molecular formula is C7H10IN. The molecule has 1 nitrogen and oxygen atoms in total. The highest BCUT2D eigenvalue weighted by Gasteiger charge is 2.03. The Labute approximate surface area is 69.4 Å². The average molecular weight is 235 g/mol. The van der Waals surface area contributed by atoms with Gasteiger partial charge in [-0.15, -0.1) is 0 Å². The number of hydrogen-bond acceptors (Lipinski definition) is 1. The third-order valence-corrected chi connectivity index (χ3v) is 1.89. The molecule has 0 radical (unpaired) electrons. The van der Waals surface area contributed by atoms with Crippen molar-refractivity contribution in [1.82, 2.24) is 5.32 Å². The Kier molecular flexibility index (Phi) is 2.16. The molecule has 0 aromatic carbocycles. The average Bonchev–Trinajstić information content (AvgIpc) is 1.59. The second kappa shape index (κ2) is 2.73. The van der Waals surface area contributed by atoms with Crippen molar-refractivity contribution in [2.75, 3.05) is 0 Å². The van der Waals surface area contributed by atoms with Crippen molar-refractivity contribution in [1.29, 1.82) is 0 Å². The second-order valence-electron chi connectivity index (χ2n) is 2.28. The molecule has 0 aromatic heterocycles. The molecule has 0 spiro atoms. The molecule has 0 amide bonds. The Bertz CT molecular complexity index is 170. The van der Waals surface area contributed by atoms with Gasteiger partial charge in [0.05, 0.1) is 4.05 Å². The summed E-state index contributed by atoms with van der Waals surface area (Å²) in [5, 5.41) is 3.28.